The van der Waals surface area contributed by atoms with Gasteiger partial charge in [-0.1, -0.05) is 65.8 Å². The molecule has 0 spiro atoms. The average molecular weight is 243 g/mol. The number of nitrogens with zero attached hydrogens (tertiary/aromatic N) is 1. The van der Waals surface area contributed by atoms with Crippen molar-refractivity contribution in [1.29, 1.82) is 5.26 Å². The van der Waals surface area contributed by atoms with Crippen LogP contribution in [-0.2, 0) is 5.41 Å². The topological polar surface area (TPSA) is 23.8 Å². The van der Waals surface area contributed by atoms with Crippen LogP contribution < -0.4 is 0 Å². The molecule has 18 heavy (non-hydrogen) atoms. The average Bonchev–Trinajstić information content (AvgIpc) is 2.24. The second-order valence-electron chi connectivity index (χ2n) is 7.32. The van der Waals surface area contributed by atoms with Gasteiger partial charge in [0.15, 0.2) is 0 Å². The molecule has 0 unspecified atom stereocenters. The zero-order valence-electron chi connectivity index (χ0n) is 12.5. The molecule has 98 valence electrons. The van der Waals surface area contributed by atoms with Crippen LogP contribution in [0.25, 0.3) is 0 Å². The number of rotatable bonds is 2. The SMILES string of the molecule is CC(C)(C)C[C@@H](C#N)c1ccc(C(C)(C)C)cc1. The maximum Gasteiger partial charge on any atom is 0.0717 e. The zero-order chi connectivity index (χ0) is 14.0. The first kappa shape index (κ1) is 14.8. The van der Waals surface area contributed by atoms with Gasteiger partial charge in [0, 0.05) is 0 Å². The molecule has 0 aromatic heterocycles. The summed E-state index contributed by atoms with van der Waals surface area (Å²) < 4.78 is 0. The van der Waals surface area contributed by atoms with Crippen molar-refractivity contribution >= 4 is 0 Å². The smallest absolute Gasteiger partial charge is 0.0717 e. The fourth-order valence-corrected chi connectivity index (χ4v) is 2.07. The van der Waals surface area contributed by atoms with Crippen LogP contribution in [0.1, 0.15) is 65.0 Å². The Morgan fingerprint density at radius 3 is 1.83 bits per heavy atom. The van der Waals surface area contributed by atoms with Gasteiger partial charge in [-0.3, -0.25) is 0 Å². The molecule has 0 aliphatic carbocycles. The molecule has 0 fully saturated rings. The highest BCUT2D eigenvalue weighted by molar-refractivity contribution is 5.32. The second kappa shape index (κ2) is 5.14. The van der Waals surface area contributed by atoms with Gasteiger partial charge in [-0.2, -0.15) is 5.26 Å². The maximum absolute atomic E-state index is 9.32. The van der Waals surface area contributed by atoms with E-state index in [0.29, 0.717) is 0 Å². The fourth-order valence-electron chi connectivity index (χ4n) is 2.07. The minimum Gasteiger partial charge on any atom is -0.198 e. The van der Waals surface area contributed by atoms with E-state index >= 15 is 0 Å². The fraction of sp³-hybridized carbons (Fsp3) is 0.588. The maximum atomic E-state index is 9.32. The third kappa shape index (κ3) is 4.18. The van der Waals surface area contributed by atoms with Crippen molar-refractivity contribution in [2.75, 3.05) is 0 Å². The van der Waals surface area contributed by atoms with Crippen molar-refractivity contribution in [2.24, 2.45) is 5.41 Å². The molecular weight excluding hydrogens is 218 g/mol. The van der Waals surface area contributed by atoms with Gasteiger partial charge in [-0.25, -0.2) is 0 Å². The largest absolute Gasteiger partial charge is 0.198 e. The summed E-state index contributed by atoms with van der Waals surface area (Å²) in [6.07, 6.45) is 0.901. The molecule has 0 aliphatic heterocycles. The van der Waals surface area contributed by atoms with Crippen LogP contribution >= 0.6 is 0 Å². The number of hydrogen-bond donors (Lipinski definition) is 0. The van der Waals surface area contributed by atoms with Gasteiger partial charge < -0.3 is 0 Å². The van der Waals surface area contributed by atoms with Crippen LogP contribution in [0, 0.1) is 16.7 Å². The van der Waals surface area contributed by atoms with Crippen LogP contribution in [-0.4, -0.2) is 0 Å². The minimum absolute atomic E-state index is 0.000909. The third-order valence-corrected chi connectivity index (χ3v) is 3.15. The highest BCUT2D eigenvalue weighted by Gasteiger charge is 2.20. The first-order valence-electron chi connectivity index (χ1n) is 6.63. The molecule has 1 rings (SSSR count). The molecule has 0 aliphatic rings. The summed E-state index contributed by atoms with van der Waals surface area (Å²) in [5.41, 5.74) is 2.81. The van der Waals surface area contributed by atoms with Gasteiger partial charge in [0.1, 0.15) is 0 Å². The quantitative estimate of drug-likeness (QED) is 0.715. The monoisotopic (exact) mass is 243 g/mol. The summed E-state index contributed by atoms with van der Waals surface area (Å²) in [4.78, 5) is 0. The van der Waals surface area contributed by atoms with Gasteiger partial charge >= 0.3 is 0 Å². The van der Waals surface area contributed by atoms with Crippen molar-refractivity contribution in [3.05, 3.63) is 35.4 Å². The molecule has 0 heterocycles. The summed E-state index contributed by atoms with van der Waals surface area (Å²) in [6.45, 7) is 13.2. The summed E-state index contributed by atoms with van der Waals surface area (Å²) >= 11 is 0. The Bertz CT molecular complexity index is 421. The number of hydrogen-bond acceptors (Lipinski definition) is 1. The van der Waals surface area contributed by atoms with E-state index in [1.165, 1.54) is 5.56 Å². The van der Waals surface area contributed by atoms with Crippen molar-refractivity contribution in [3.63, 3.8) is 0 Å². The van der Waals surface area contributed by atoms with E-state index in [2.05, 4.69) is 71.9 Å². The van der Waals surface area contributed by atoms with Crippen LogP contribution in [0.15, 0.2) is 24.3 Å². The van der Waals surface area contributed by atoms with Gasteiger partial charge in [-0.15, -0.1) is 0 Å². The minimum atomic E-state index is -0.000909. The highest BCUT2D eigenvalue weighted by atomic mass is 14.3. The van der Waals surface area contributed by atoms with E-state index in [-0.39, 0.29) is 16.7 Å². The lowest BCUT2D eigenvalue weighted by Gasteiger charge is -2.23. The van der Waals surface area contributed by atoms with Crippen molar-refractivity contribution in [3.8, 4) is 6.07 Å². The first-order valence-corrected chi connectivity index (χ1v) is 6.63. The molecule has 1 aromatic carbocycles. The Morgan fingerprint density at radius 2 is 1.50 bits per heavy atom. The number of benzene rings is 1. The highest BCUT2D eigenvalue weighted by Crippen LogP contribution is 2.32. The van der Waals surface area contributed by atoms with Gasteiger partial charge in [-0.05, 0) is 28.4 Å². The lowest BCUT2D eigenvalue weighted by Crippen LogP contribution is -2.13. The molecule has 0 saturated heterocycles. The molecule has 1 atom stereocenters. The normalized spacial score (nSPS) is 14.1. The molecule has 1 nitrogen and oxygen atoms in total. The number of nitriles is 1. The van der Waals surface area contributed by atoms with Crippen LogP contribution in [0.3, 0.4) is 0 Å². The second-order valence-corrected chi connectivity index (χ2v) is 7.32. The molecule has 1 heteroatoms. The van der Waals surface area contributed by atoms with Gasteiger partial charge in [0.2, 0.25) is 0 Å². The van der Waals surface area contributed by atoms with Crippen LogP contribution in [0.4, 0.5) is 0 Å². The standard InChI is InChI=1S/C17H25N/c1-16(2,3)11-14(12-18)13-7-9-15(10-8-13)17(4,5)6/h7-10,14H,11H2,1-6H3/t14-/m0/s1. The van der Waals surface area contributed by atoms with E-state index < -0.39 is 0 Å². The van der Waals surface area contributed by atoms with E-state index in [4.69, 9.17) is 0 Å². The molecule has 0 N–H and O–H groups in total. The lowest BCUT2D eigenvalue weighted by molar-refractivity contribution is 0.363. The van der Waals surface area contributed by atoms with Gasteiger partial charge in [0.25, 0.3) is 0 Å². The van der Waals surface area contributed by atoms with Crippen LogP contribution in [0.2, 0.25) is 0 Å². The van der Waals surface area contributed by atoms with Crippen molar-refractivity contribution in [1.82, 2.24) is 0 Å². The molecule has 0 radical (unpaired) electrons. The van der Waals surface area contributed by atoms with E-state index in [9.17, 15) is 5.26 Å². The Hall–Kier alpha value is -1.29. The van der Waals surface area contributed by atoms with E-state index in [1.54, 1.807) is 0 Å². The lowest BCUT2D eigenvalue weighted by atomic mass is 9.80. The Balaban J connectivity index is 2.94. The Kier molecular flexibility index (Phi) is 4.22. The van der Waals surface area contributed by atoms with Gasteiger partial charge in [0.05, 0.1) is 12.0 Å². The Labute approximate surface area is 112 Å². The first-order chi connectivity index (χ1) is 8.13. The molecular formula is C17H25N. The summed E-state index contributed by atoms with van der Waals surface area (Å²) in [7, 11) is 0. The van der Waals surface area contributed by atoms with E-state index in [1.807, 2.05) is 0 Å². The zero-order valence-corrected chi connectivity index (χ0v) is 12.5. The summed E-state index contributed by atoms with van der Waals surface area (Å²) in [5.74, 6) is -0.000909. The van der Waals surface area contributed by atoms with Crippen molar-refractivity contribution in [2.45, 2.75) is 59.3 Å². The molecule has 0 saturated carbocycles. The predicted octanol–water partition coefficient (Wildman–Crippen LogP) is 5.03. The summed E-state index contributed by atoms with van der Waals surface area (Å²) in [6, 6.07) is 11.0. The molecule has 1 aromatic rings. The molecule has 0 amide bonds. The Morgan fingerprint density at radius 1 is 1.00 bits per heavy atom. The van der Waals surface area contributed by atoms with E-state index in [0.717, 1.165) is 12.0 Å². The third-order valence-electron chi connectivity index (χ3n) is 3.15. The van der Waals surface area contributed by atoms with Crippen LogP contribution in [0.5, 0.6) is 0 Å². The molecule has 0 bridgehead atoms. The van der Waals surface area contributed by atoms with Crippen molar-refractivity contribution < 1.29 is 0 Å². The summed E-state index contributed by atoms with van der Waals surface area (Å²) in [5, 5.41) is 9.32. The predicted molar refractivity (Wildman–Crippen MR) is 77.6 cm³/mol.